The Bertz CT molecular complexity index is 1420. The molecule has 0 spiro atoms. The maximum atomic E-state index is 11.1. The lowest BCUT2D eigenvalue weighted by atomic mass is 10.1. The molecule has 0 atom stereocenters. The Morgan fingerprint density at radius 3 is 2.66 bits per heavy atom. The molecule has 3 heterocycles. The molecule has 0 radical (unpaired) electrons. The third kappa shape index (κ3) is 2.63. The first kappa shape index (κ1) is 17.0. The molecule has 0 amide bonds. The van der Waals surface area contributed by atoms with Gasteiger partial charge in [0.05, 0.1) is 22.2 Å². The van der Waals surface area contributed by atoms with Crippen molar-refractivity contribution in [3.05, 3.63) is 76.2 Å². The highest BCUT2D eigenvalue weighted by molar-refractivity contribution is 5.90. The summed E-state index contributed by atoms with van der Waals surface area (Å²) >= 11 is 0. The van der Waals surface area contributed by atoms with Gasteiger partial charge in [-0.25, -0.2) is 9.67 Å². The fraction of sp³-hybridized carbons (Fsp3) is 0.100. The third-order valence-corrected chi connectivity index (χ3v) is 5.03. The molecule has 5 rings (SSSR count). The Hall–Kier alpha value is -4.14. The molecule has 0 fully saturated rings. The van der Waals surface area contributed by atoms with E-state index in [0.29, 0.717) is 22.7 Å². The van der Waals surface area contributed by atoms with Crippen molar-refractivity contribution >= 4 is 22.4 Å². The first-order valence-electron chi connectivity index (χ1n) is 8.93. The Kier molecular flexibility index (Phi) is 3.63. The van der Waals surface area contributed by atoms with Crippen LogP contribution in [-0.2, 0) is 0 Å². The predicted molar refractivity (Wildman–Crippen MR) is 107 cm³/mol. The van der Waals surface area contributed by atoms with Crippen LogP contribution in [0.4, 0.5) is 5.69 Å². The second-order valence-electron chi connectivity index (χ2n) is 6.83. The van der Waals surface area contributed by atoms with Gasteiger partial charge in [0, 0.05) is 17.7 Å². The SMILES string of the molecule is Cc1ccc(-n2ncc3c2ncn2c(-c4cccc([N+](=O)[O-])c4)nnc32)cc1C. The van der Waals surface area contributed by atoms with Crippen molar-refractivity contribution in [1.29, 1.82) is 0 Å². The normalized spacial score (nSPS) is 11.4. The van der Waals surface area contributed by atoms with E-state index in [9.17, 15) is 10.1 Å². The fourth-order valence-electron chi connectivity index (χ4n) is 3.32. The number of non-ortho nitro benzene ring substituents is 1. The average molecular weight is 385 g/mol. The van der Waals surface area contributed by atoms with Crippen molar-refractivity contribution in [2.45, 2.75) is 13.8 Å². The van der Waals surface area contributed by atoms with Gasteiger partial charge < -0.3 is 0 Å². The summed E-state index contributed by atoms with van der Waals surface area (Å²) in [4.78, 5) is 15.2. The van der Waals surface area contributed by atoms with Crippen molar-refractivity contribution in [1.82, 2.24) is 29.4 Å². The molecule has 5 aromatic rings. The van der Waals surface area contributed by atoms with E-state index >= 15 is 0 Å². The van der Waals surface area contributed by atoms with Gasteiger partial charge in [-0.05, 0) is 37.1 Å². The van der Waals surface area contributed by atoms with Crippen LogP contribution in [0.5, 0.6) is 0 Å². The quantitative estimate of drug-likeness (QED) is 0.347. The van der Waals surface area contributed by atoms with Crippen molar-refractivity contribution in [2.24, 2.45) is 0 Å². The maximum Gasteiger partial charge on any atom is 0.270 e. The highest BCUT2D eigenvalue weighted by Crippen LogP contribution is 2.26. The molecule has 142 valence electrons. The number of fused-ring (bicyclic) bond motifs is 3. The largest absolute Gasteiger partial charge is 0.270 e. The van der Waals surface area contributed by atoms with Gasteiger partial charge in [-0.2, -0.15) is 5.10 Å². The summed E-state index contributed by atoms with van der Waals surface area (Å²) in [6, 6.07) is 12.4. The van der Waals surface area contributed by atoms with Crippen molar-refractivity contribution in [3.8, 4) is 17.1 Å². The molecule has 2 aromatic carbocycles. The summed E-state index contributed by atoms with van der Waals surface area (Å²) in [5.74, 6) is 0.483. The standard InChI is InChI=1S/C20H15N7O2/c1-12-6-7-15(8-13(12)2)26-19-17(10-22-26)20-24-23-18(25(20)11-21-19)14-4-3-5-16(9-14)27(28)29/h3-11H,1-2H3. The van der Waals surface area contributed by atoms with Crippen molar-refractivity contribution < 1.29 is 4.92 Å². The summed E-state index contributed by atoms with van der Waals surface area (Å²) in [5.41, 5.74) is 5.14. The van der Waals surface area contributed by atoms with Gasteiger partial charge in [0.2, 0.25) is 0 Å². The zero-order chi connectivity index (χ0) is 20.1. The first-order chi connectivity index (χ1) is 14.0. The molecule has 0 aliphatic heterocycles. The van der Waals surface area contributed by atoms with Crippen LogP contribution in [0.25, 0.3) is 33.8 Å². The van der Waals surface area contributed by atoms with Gasteiger partial charge in [-0.15, -0.1) is 10.2 Å². The molecule has 9 heteroatoms. The molecule has 0 bridgehead atoms. The van der Waals surface area contributed by atoms with E-state index < -0.39 is 4.92 Å². The molecular formula is C20H15N7O2. The second kappa shape index (κ2) is 6.20. The molecule has 29 heavy (non-hydrogen) atoms. The van der Waals surface area contributed by atoms with E-state index in [0.717, 1.165) is 11.1 Å². The number of nitro benzene ring substituents is 1. The number of nitrogens with zero attached hydrogens (tertiary/aromatic N) is 7. The van der Waals surface area contributed by atoms with Gasteiger partial charge in [0.15, 0.2) is 17.1 Å². The minimum absolute atomic E-state index is 0.00384. The third-order valence-electron chi connectivity index (χ3n) is 5.03. The Morgan fingerprint density at radius 1 is 1.00 bits per heavy atom. The Morgan fingerprint density at radius 2 is 1.86 bits per heavy atom. The van der Waals surface area contributed by atoms with Crippen LogP contribution >= 0.6 is 0 Å². The smallest absolute Gasteiger partial charge is 0.265 e. The van der Waals surface area contributed by atoms with E-state index in [1.54, 1.807) is 33.7 Å². The monoisotopic (exact) mass is 385 g/mol. The van der Waals surface area contributed by atoms with Crippen LogP contribution in [0.1, 0.15) is 11.1 Å². The fourth-order valence-corrected chi connectivity index (χ4v) is 3.32. The van der Waals surface area contributed by atoms with E-state index in [4.69, 9.17) is 0 Å². The first-order valence-corrected chi connectivity index (χ1v) is 8.93. The summed E-state index contributed by atoms with van der Waals surface area (Å²) in [6.45, 7) is 4.12. The predicted octanol–water partition coefficient (Wildman–Crippen LogP) is 3.66. The highest BCUT2D eigenvalue weighted by Gasteiger charge is 2.17. The van der Waals surface area contributed by atoms with Gasteiger partial charge in [-0.1, -0.05) is 18.2 Å². The van der Waals surface area contributed by atoms with Crippen LogP contribution in [0, 0.1) is 24.0 Å². The van der Waals surface area contributed by atoms with Crippen LogP contribution in [0.3, 0.4) is 0 Å². The lowest BCUT2D eigenvalue weighted by molar-refractivity contribution is -0.384. The molecule has 0 saturated heterocycles. The van der Waals surface area contributed by atoms with Crippen LogP contribution in [0.2, 0.25) is 0 Å². The highest BCUT2D eigenvalue weighted by atomic mass is 16.6. The second-order valence-corrected chi connectivity index (χ2v) is 6.83. The number of nitro groups is 1. The number of aryl methyl sites for hydroxylation is 2. The van der Waals surface area contributed by atoms with Gasteiger partial charge >= 0.3 is 0 Å². The average Bonchev–Trinajstić information content (AvgIpc) is 3.34. The molecule has 0 unspecified atom stereocenters. The van der Waals surface area contributed by atoms with Gasteiger partial charge in [0.25, 0.3) is 5.69 Å². The van der Waals surface area contributed by atoms with Gasteiger partial charge in [-0.3, -0.25) is 14.5 Å². The molecular weight excluding hydrogens is 370 g/mol. The van der Waals surface area contributed by atoms with Crippen LogP contribution < -0.4 is 0 Å². The summed E-state index contributed by atoms with van der Waals surface area (Å²) in [5, 5.41) is 24.8. The van der Waals surface area contributed by atoms with Crippen LogP contribution in [0.15, 0.2) is 55.0 Å². The molecule has 3 aromatic heterocycles. The number of hydrogen-bond donors (Lipinski definition) is 0. The summed E-state index contributed by atoms with van der Waals surface area (Å²) < 4.78 is 3.48. The zero-order valence-electron chi connectivity index (χ0n) is 15.6. The lowest BCUT2D eigenvalue weighted by Gasteiger charge is -2.06. The van der Waals surface area contributed by atoms with E-state index in [1.807, 2.05) is 12.1 Å². The molecule has 0 saturated carbocycles. The minimum Gasteiger partial charge on any atom is -0.265 e. The summed E-state index contributed by atoms with van der Waals surface area (Å²) in [6.07, 6.45) is 3.32. The lowest BCUT2D eigenvalue weighted by Crippen LogP contribution is -2.00. The number of hydrogen-bond acceptors (Lipinski definition) is 6. The Labute approximate surface area is 164 Å². The molecule has 0 aliphatic carbocycles. The Balaban J connectivity index is 1.68. The number of rotatable bonds is 3. The van der Waals surface area contributed by atoms with E-state index in [1.165, 1.54) is 23.3 Å². The van der Waals surface area contributed by atoms with E-state index in [-0.39, 0.29) is 5.69 Å². The van der Waals surface area contributed by atoms with Crippen LogP contribution in [-0.4, -0.2) is 34.3 Å². The molecule has 0 aliphatic rings. The molecule has 0 N–H and O–H groups in total. The maximum absolute atomic E-state index is 11.1. The number of aromatic nitrogens is 6. The zero-order valence-corrected chi connectivity index (χ0v) is 15.6. The minimum atomic E-state index is -0.434. The molecule has 9 nitrogen and oxygen atoms in total. The topological polar surface area (TPSA) is 104 Å². The van der Waals surface area contributed by atoms with E-state index in [2.05, 4.69) is 40.2 Å². The van der Waals surface area contributed by atoms with Crippen molar-refractivity contribution in [3.63, 3.8) is 0 Å². The van der Waals surface area contributed by atoms with Gasteiger partial charge in [0.1, 0.15) is 6.33 Å². The summed E-state index contributed by atoms with van der Waals surface area (Å²) in [7, 11) is 0. The number of benzene rings is 2. The van der Waals surface area contributed by atoms with Crippen molar-refractivity contribution in [2.75, 3.05) is 0 Å².